The van der Waals surface area contributed by atoms with Gasteiger partial charge in [-0.25, -0.2) is 0 Å². The lowest BCUT2D eigenvalue weighted by atomic mass is 10.2. The van der Waals surface area contributed by atoms with Gasteiger partial charge in [-0.1, -0.05) is 50.2 Å². The van der Waals surface area contributed by atoms with Gasteiger partial charge in [0.25, 0.3) is 5.91 Å². The fraction of sp³-hybridized carbons (Fsp3) is 0.350. The number of hydrogen-bond donors (Lipinski definition) is 1. The Morgan fingerprint density at radius 3 is 2.30 bits per heavy atom. The Kier molecular flexibility index (Phi) is 7.82. The zero-order valence-corrected chi connectivity index (χ0v) is 16.5. The summed E-state index contributed by atoms with van der Waals surface area (Å²) in [4.78, 5) is 12.3. The van der Waals surface area contributed by atoms with Gasteiger partial charge in [0.1, 0.15) is 5.75 Å². The van der Waals surface area contributed by atoms with E-state index in [0.717, 1.165) is 5.56 Å². The molecule has 7 heteroatoms. The van der Waals surface area contributed by atoms with Crippen LogP contribution in [0.3, 0.4) is 0 Å². The van der Waals surface area contributed by atoms with E-state index in [1.807, 2.05) is 44.2 Å². The summed E-state index contributed by atoms with van der Waals surface area (Å²) in [7, 11) is -3.90. The quantitative estimate of drug-likeness (QED) is 0.675. The summed E-state index contributed by atoms with van der Waals surface area (Å²) in [5.74, 6) is -0.166. The molecule has 0 bridgehead atoms. The summed E-state index contributed by atoms with van der Waals surface area (Å²) in [6.45, 7) is 5.01. The van der Waals surface area contributed by atoms with Gasteiger partial charge in [-0.05, 0) is 36.6 Å². The highest BCUT2D eigenvalue weighted by Crippen LogP contribution is 2.18. The molecule has 0 saturated carbocycles. The third kappa shape index (κ3) is 6.37. The SMILES string of the molecule is CCCN(CCC)S(=O)(=O)Oc1cccc(C(=O)NCc2ccccc2)c1. The van der Waals surface area contributed by atoms with E-state index in [-0.39, 0.29) is 11.7 Å². The van der Waals surface area contributed by atoms with Crippen molar-refractivity contribution in [2.24, 2.45) is 0 Å². The number of nitrogens with one attached hydrogen (secondary N) is 1. The Hall–Kier alpha value is -2.38. The molecule has 0 fully saturated rings. The molecule has 0 aliphatic carbocycles. The maximum Gasteiger partial charge on any atom is 0.385 e. The van der Waals surface area contributed by atoms with Crippen LogP contribution in [0.1, 0.15) is 42.6 Å². The molecule has 0 heterocycles. The second-order valence-electron chi connectivity index (χ2n) is 6.14. The number of carbonyl (C=O) groups excluding carboxylic acids is 1. The van der Waals surface area contributed by atoms with Crippen LogP contribution in [0, 0.1) is 0 Å². The van der Waals surface area contributed by atoms with Crippen molar-refractivity contribution in [3.05, 3.63) is 65.7 Å². The van der Waals surface area contributed by atoms with Gasteiger partial charge < -0.3 is 9.50 Å². The summed E-state index contributed by atoms with van der Waals surface area (Å²) in [5.41, 5.74) is 1.33. The third-order valence-electron chi connectivity index (χ3n) is 3.86. The van der Waals surface area contributed by atoms with Gasteiger partial charge in [-0.3, -0.25) is 4.79 Å². The molecular formula is C20H26N2O4S. The molecule has 0 spiro atoms. The molecule has 27 heavy (non-hydrogen) atoms. The van der Waals surface area contributed by atoms with Crippen molar-refractivity contribution in [3.63, 3.8) is 0 Å². The Morgan fingerprint density at radius 2 is 1.67 bits per heavy atom. The normalized spacial score (nSPS) is 11.4. The van der Waals surface area contributed by atoms with E-state index in [1.54, 1.807) is 12.1 Å². The molecule has 0 aliphatic heterocycles. The second-order valence-corrected chi connectivity index (χ2v) is 7.67. The summed E-state index contributed by atoms with van der Waals surface area (Å²) in [6, 6.07) is 15.7. The predicted octanol–water partition coefficient (Wildman–Crippen LogP) is 3.36. The number of nitrogens with zero attached hydrogens (tertiary/aromatic N) is 1. The summed E-state index contributed by atoms with van der Waals surface area (Å²) < 4.78 is 31.5. The maximum absolute atomic E-state index is 12.5. The fourth-order valence-electron chi connectivity index (χ4n) is 2.58. The molecule has 0 atom stereocenters. The lowest BCUT2D eigenvalue weighted by Crippen LogP contribution is -2.35. The van der Waals surface area contributed by atoms with Crippen molar-refractivity contribution in [1.29, 1.82) is 0 Å². The molecule has 0 aromatic heterocycles. The average molecular weight is 391 g/mol. The molecule has 2 rings (SSSR count). The molecule has 1 N–H and O–H groups in total. The molecule has 1 amide bonds. The molecule has 2 aromatic rings. The van der Waals surface area contributed by atoms with Crippen molar-refractivity contribution in [2.75, 3.05) is 13.1 Å². The van der Waals surface area contributed by atoms with Crippen LogP contribution >= 0.6 is 0 Å². The molecule has 146 valence electrons. The van der Waals surface area contributed by atoms with Crippen LogP contribution < -0.4 is 9.50 Å². The molecule has 0 unspecified atom stereocenters. The van der Waals surface area contributed by atoms with Crippen LogP contribution in [-0.4, -0.2) is 31.7 Å². The summed E-state index contributed by atoms with van der Waals surface area (Å²) in [6.07, 6.45) is 1.40. The minimum absolute atomic E-state index is 0.125. The van der Waals surface area contributed by atoms with E-state index in [9.17, 15) is 13.2 Å². The van der Waals surface area contributed by atoms with Crippen molar-refractivity contribution >= 4 is 16.2 Å². The number of amides is 1. The van der Waals surface area contributed by atoms with E-state index in [0.29, 0.717) is 38.0 Å². The first kappa shape index (κ1) is 20.9. The first-order valence-corrected chi connectivity index (χ1v) is 10.4. The first-order chi connectivity index (χ1) is 13.0. The average Bonchev–Trinajstić information content (AvgIpc) is 2.66. The zero-order valence-electron chi connectivity index (χ0n) is 15.7. The smallest absolute Gasteiger partial charge is 0.371 e. The number of benzene rings is 2. The lowest BCUT2D eigenvalue weighted by Gasteiger charge is -2.20. The predicted molar refractivity (Wildman–Crippen MR) is 106 cm³/mol. The maximum atomic E-state index is 12.5. The largest absolute Gasteiger partial charge is 0.385 e. The van der Waals surface area contributed by atoms with E-state index in [1.165, 1.54) is 16.4 Å². The lowest BCUT2D eigenvalue weighted by molar-refractivity contribution is 0.0950. The van der Waals surface area contributed by atoms with E-state index >= 15 is 0 Å². The minimum atomic E-state index is -3.90. The summed E-state index contributed by atoms with van der Waals surface area (Å²) in [5, 5.41) is 2.81. The van der Waals surface area contributed by atoms with Crippen LogP contribution in [0.25, 0.3) is 0 Å². The second kappa shape index (κ2) is 10.1. The Bertz CT molecular complexity index is 832. The highest BCUT2D eigenvalue weighted by Gasteiger charge is 2.23. The van der Waals surface area contributed by atoms with Crippen molar-refractivity contribution in [2.45, 2.75) is 33.2 Å². The van der Waals surface area contributed by atoms with E-state index < -0.39 is 10.3 Å². The fourth-order valence-corrected chi connectivity index (χ4v) is 3.84. The van der Waals surface area contributed by atoms with Crippen LogP contribution in [0.2, 0.25) is 0 Å². The number of rotatable bonds is 10. The summed E-state index contributed by atoms with van der Waals surface area (Å²) >= 11 is 0. The third-order valence-corrected chi connectivity index (χ3v) is 5.26. The van der Waals surface area contributed by atoms with Crippen molar-refractivity contribution < 1.29 is 17.4 Å². The van der Waals surface area contributed by atoms with Crippen LogP contribution in [-0.2, 0) is 16.8 Å². The molecular weight excluding hydrogens is 364 g/mol. The molecule has 2 aromatic carbocycles. The molecule has 6 nitrogen and oxygen atoms in total. The number of hydrogen-bond acceptors (Lipinski definition) is 4. The Balaban J connectivity index is 2.06. The van der Waals surface area contributed by atoms with E-state index in [4.69, 9.17) is 4.18 Å². The first-order valence-electron chi connectivity index (χ1n) is 9.08. The van der Waals surface area contributed by atoms with Gasteiger partial charge in [-0.2, -0.15) is 12.7 Å². The Morgan fingerprint density at radius 1 is 1.00 bits per heavy atom. The van der Waals surface area contributed by atoms with Gasteiger partial charge in [0.2, 0.25) is 0 Å². The van der Waals surface area contributed by atoms with Gasteiger partial charge in [0, 0.05) is 25.2 Å². The highest BCUT2D eigenvalue weighted by atomic mass is 32.2. The van der Waals surface area contributed by atoms with Crippen LogP contribution in [0.5, 0.6) is 5.75 Å². The van der Waals surface area contributed by atoms with Gasteiger partial charge >= 0.3 is 10.3 Å². The Labute approximate surface area is 161 Å². The standard InChI is InChI=1S/C20H26N2O4S/c1-3-13-22(14-4-2)27(24,25)26-19-12-8-11-18(15-19)20(23)21-16-17-9-6-5-7-10-17/h5-12,15H,3-4,13-14,16H2,1-2H3,(H,21,23). The van der Waals surface area contributed by atoms with Gasteiger partial charge in [0.05, 0.1) is 0 Å². The van der Waals surface area contributed by atoms with Crippen LogP contribution in [0.4, 0.5) is 0 Å². The van der Waals surface area contributed by atoms with Crippen LogP contribution in [0.15, 0.2) is 54.6 Å². The monoisotopic (exact) mass is 390 g/mol. The molecule has 0 aliphatic rings. The van der Waals surface area contributed by atoms with Crippen molar-refractivity contribution in [3.8, 4) is 5.75 Å². The topological polar surface area (TPSA) is 75.7 Å². The van der Waals surface area contributed by atoms with Gasteiger partial charge in [-0.15, -0.1) is 0 Å². The molecule has 0 radical (unpaired) electrons. The highest BCUT2D eigenvalue weighted by molar-refractivity contribution is 7.84. The van der Waals surface area contributed by atoms with Gasteiger partial charge in [0.15, 0.2) is 0 Å². The van der Waals surface area contributed by atoms with Crippen molar-refractivity contribution in [1.82, 2.24) is 9.62 Å². The van der Waals surface area contributed by atoms with E-state index in [2.05, 4.69) is 5.32 Å². The zero-order chi connectivity index (χ0) is 19.7. The number of carbonyl (C=O) groups is 1. The molecule has 0 saturated heterocycles. The minimum Gasteiger partial charge on any atom is -0.371 e.